The van der Waals surface area contributed by atoms with E-state index in [9.17, 15) is 4.79 Å². The fourth-order valence-electron chi connectivity index (χ4n) is 1.08. The molecule has 0 aromatic heterocycles. The standard InChI is InChI=1S/C13H24O5/c1-4-6-7-16-12(3)17-10-8-15-9-11-18-13(14)5-2/h5,12H,2,4,6-11H2,1,3H3. The first kappa shape index (κ1) is 17.1. The summed E-state index contributed by atoms with van der Waals surface area (Å²) in [7, 11) is 0. The van der Waals surface area contributed by atoms with Gasteiger partial charge in [0.15, 0.2) is 6.29 Å². The zero-order valence-corrected chi connectivity index (χ0v) is 11.4. The van der Waals surface area contributed by atoms with Gasteiger partial charge >= 0.3 is 5.97 Å². The van der Waals surface area contributed by atoms with Crippen LogP contribution in [0.5, 0.6) is 0 Å². The summed E-state index contributed by atoms with van der Waals surface area (Å²) in [6, 6.07) is 0. The van der Waals surface area contributed by atoms with E-state index in [4.69, 9.17) is 18.9 Å². The van der Waals surface area contributed by atoms with Gasteiger partial charge in [-0.25, -0.2) is 4.79 Å². The van der Waals surface area contributed by atoms with E-state index in [-0.39, 0.29) is 12.9 Å². The highest BCUT2D eigenvalue weighted by atomic mass is 16.7. The Hall–Kier alpha value is -0.910. The number of hydrogen-bond acceptors (Lipinski definition) is 5. The summed E-state index contributed by atoms with van der Waals surface area (Å²) < 4.78 is 20.7. The lowest BCUT2D eigenvalue weighted by Gasteiger charge is -2.13. The molecule has 106 valence electrons. The van der Waals surface area contributed by atoms with Crippen molar-refractivity contribution in [2.24, 2.45) is 0 Å². The van der Waals surface area contributed by atoms with Gasteiger partial charge in [-0.3, -0.25) is 0 Å². The van der Waals surface area contributed by atoms with E-state index in [0.717, 1.165) is 25.5 Å². The second-order valence-electron chi connectivity index (χ2n) is 3.65. The van der Waals surface area contributed by atoms with Crippen molar-refractivity contribution < 1.29 is 23.7 Å². The van der Waals surface area contributed by atoms with Gasteiger partial charge in [-0.1, -0.05) is 19.9 Å². The van der Waals surface area contributed by atoms with Gasteiger partial charge in [0, 0.05) is 12.7 Å². The average Bonchev–Trinajstić information content (AvgIpc) is 2.37. The second kappa shape index (κ2) is 12.5. The summed E-state index contributed by atoms with van der Waals surface area (Å²) in [5.41, 5.74) is 0. The molecule has 0 radical (unpaired) electrons. The minimum Gasteiger partial charge on any atom is -0.460 e. The molecular formula is C13H24O5. The van der Waals surface area contributed by atoms with Gasteiger partial charge < -0.3 is 18.9 Å². The van der Waals surface area contributed by atoms with Crippen LogP contribution in [0.3, 0.4) is 0 Å². The smallest absolute Gasteiger partial charge is 0.330 e. The molecule has 0 spiro atoms. The van der Waals surface area contributed by atoms with Crippen molar-refractivity contribution in [2.45, 2.75) is 33.0 Å². The fourth-order valence-corrected chi connectivity index (χ4v) is 1.08. The number of hydrogen-bond donors (Lipinski definition) is 0. The van der Waals surface area contributed by atoms with Crippen molar-refractivity contribution in [1.82, 2.24) is 0 Å². The monoisotopic (exact) mass is 260 g/mol. The van der Waals surface area contributed by atoms with Crippen molar-refractivity contribution in [3.8, 4) is 0 Å². The van der Waals surface area contributed by atoms with Crippen molar-refractivity contribution >= 4 is 5.97 Å². The largest absolute Gasteiger partial charge is 0.460 e. The highest BCUT2D eigenvalue weighted by molar-refractivity contribution is 5.81. The van der Waals surface area contributed by atoms with Gasteiger partial charge in [-0.05, 0) is 13.3 Å². The maximum absolute atomic E-state index is 10.7. The molecule has 0 aliphatic rings. The molecule has 0 aromatic carbocycles. The van der Waals surface area contributed by atoms with Crippen LogP contribution in [0, 0.1) is 0 Å². The predicted octanol–water partition coefficient (Wildman–Crippen LogP) is 1.91. The number of unbranched alkanes of at least 4 members (excludes halogenated alkanes) is 1. The summed E-state index contributed by atoms with van der Waals surface area (Å²) in [4.78, 5) is 10.7. The third-order valence-corrected chi connectivity index (χ3v) is 2.07. The Morgan fingerprint density at radius 2 is 1.83 bits per heavy atom. The van der Waals surface area contributed by atoms with E-state index >= 15 is 0 Å². The molecule has 5 heteroatoms. The third kappa shape index (κ3) is 11.6. The molecule has 0 aliphatic heterocycles. The van der Waals surface area contributed by atoms with Gasteiger partial charge in [0.2, 0.25) is 0 Å². The maximum Gasteiger partial charge on any atom is 0.330 e. The molecular weight excluding hydrogens is 236 g/mol. The van der Waals surface area contributed by atoms with E-state index in [2.05, 4.69) is 13.5 Å². The Kier molecular flexibility index (Phi) is 11.9. The lowest BCUT2D eigenvalue weighted by molar-refractivity contribution is -0.144. The highest BCUT2D eigenvalue weighted by Gasteiger charge is 2.01. The molecule has 18 heavy (non-hydrogen) atoms. The van der Waals surface area contributed by atoms with Gasteiger partial charge in [0.05, 0.1) is 19.8 Å². The number of carbonyl (C=O) groups is 1. The molecule has 0 aliphatic carbocycles. The van der Waals surface area contributed by atoms with Crippen LogP contribution in [0.4, 0.5) is 0 Å². The van der Waals surface area contributed by atoms with Crippen LogP contribution in [0.2, 0.25) is 0 Å². The van der Waals surface area contributed by atoms with E-state index in [1.54, 1.807) is 0 Å². The van der Waals surface area contributed by atoms with Gasteiger partial charge in [0.25, 0.3) is 0 Å². The maximum atomic E-state index is 10.7. The summed E-state index contributed by atoms with van der Waals surface area (Å²) in [5.74, 6) is -0.437. The molecule has 0 rings (SSSR count). The van der Waals surface area contributed by atoms with Gasteiger partial charge in [-0.2, -0.15) is 0 Å². The molecule has 0 saturated heterocycles. The molecule has 1 atom stereocenters. The summed E-state index contributed by atoms with van der Waals surface area (Å²) in [5, 5.41) is 0. The van der Waals surface area contributed by atoms with Crippen LogP contribution in [0.1, 0.15) is 26.7 Å². The zero-order valence-electron chi connectivity index (χ0n) is 11.4. The Morgan fingerprint density at radius 3 is 2.50 bits per heavy atom. The third-order valence-electron chi connectivity index (χ3n) is 2.07. The van der Waals surface area contributed by atoms with Crippen LogP contribution in [-0.4, -0.2) is 45.3 Å². The minimum absolute atomic E-state index is 0.209. The summed E-state index contributed by atoms with van der Waals surface area (Å²) >= 11 is 0. The lowest BCUT2D eigenvalue weighted by atomic mass is 10.4. The average molecular weight is 260 g/mol. The first-order valence-electron chi connectivity index (χ1n) is 6.30. The Morgan fingerprint density at radius 1 is 1.17 bits per heavy atom. The van der Waals surface area contributed by atoms with Crippen LogP contribution in [0.25, 0.3) is 0 Å². The van der Waals surface area contributed by atoms with E-state index < -0.39 is 5.97 Å². The fraction of sp³-hybridized carbons (Fsp3) is 0.769. The molecule has 5 nitrogen and oxygen atoms in total. The molecule has 0 aromatic rings. The number of ether oxygens (including phenoxy) is 4. The number of rotatable bonds is 12. The topological polar surface area (TPSA) is 54.0 Å². The van der Waals surface area contributed by atoms with Gasteiger partial charge in [0.1, 0.15) is 6.61 Å². The van der Waals surface area contributed by atoms with Crippen LogP contribution in [0.15, 0.2) is 12.7 Å². The van der Waals surface area contributed by atoms with Crippen LogP contribution < -0.4 is 0 Å². The molecule has 1 unspecified atom stereocenters. The molecule has 0 amide bonds. The Balaban J connectivity index is 3.19. The SMILES string of the molecule is C=CC(=O)OCCOCCOC(C)OCCCC. The molecule has 0 bridgehead atoms. The lowest BCUT2D eigenvalue weighted by Crippen LogP contribution is -2.18. The molecule has 0 fully saturated rings. The number of carbonyl (C=O) groups excluding carboxylic acids is 1. The highest BCUT2D eigenvalue weighted by Crippen LogP contribution is 1.96. The summed E-state index contributed by atoms with van der Waals surface area (Å²) in [6.45, 7) is 9.48. The molecule has 0 saturated carbocycles. The van der Waals surface area contributed by atoms with Crippen molar-refractivity contribution in [3.05, 3.63) is 12.7 Å². The Bertz CT molecular complexity index is 217. The Labute approximate surface area is 109 Å². The minimum atomic E-state index is -0.437. The zero-order chi connectivity index (χ0) is 13.6. The van der Waals surface area contributed by atoms with Gasteiger partial charge in [-0.15, -0.1) is 0 Å². The van der Waals surface area contributed by atoms with Crippen molar-refractivity contribution in [1.29, 1.82) is 0 Å². The first-order chi connectivity index (χ1) is 8.70. The number of esters is 1. The predicted molar refractivity (Wildman–Crippen MR) is 68.2 cm³/mol. The first-order valence-corrected chi connectivity index (χ1v) is 6.30. The van der Waals surface area contributed by atoms with Crippen molar-refractivity contribution in [2.75, 3.05) is 33.0 Å². The van der Waals surface area contributed by atoms with E-state index in [1.165, 1.54) is 0 Å². The normalized spacial score (nSPS) is 12.1. The van der Waals surface area contributed by atoms with E-state index in [1.807, 2.05) is 6.92 Å². The van der Waals surface area contributed by atoms with Crippen LogP contribution >= 0.6 is 0 Å². The van der Waals surface area contributed by atoms with Crippen LogP contribution in [-0.2, 0) is 23.7 Å². The molecule has 0 heterocycles. The summed E-state index contributed by atoms with van der Waals surface area (Å²) in [6.07, 6.45) is 3.06. The quantitative estimate of drug-likeness (QED) is 0.232. The molecule has 0 N–H and O–H groups in total. The van der Waals surface area contributed by atoms with E-state index in [0.29, 0.717) is 19.8 Å². The van der Waals surface area contributed by atoms with Crippen molar-refractivity contribution in [3.63, 3.8) is 0 Å². The second-order valence-corrected chi connectivity index (χ2v) is 3.65.